The van der Waals surface area contributed by atoms with E-state index in [1.807, 2.05) is 0 Å². The van der Waals surface area contributed by atoms with Crippen molar-refractivity contribution in [1.82, 2.24) is 0 Å². The van der Waals surface area contributed by atoms with Gasteiger partial charge in [-0.2, -0.15) is 0 Å². The van der Waals surface area contributed by atoms with Gasteiger partial charge in [0.2, 0.25) is 0 Å². The third-order valence-electron chi connectivity index (χ3n) is 15.2. The first-order valence-corrected chi connectivity index (χ1v) is 36.0. The number of hydrogen-bond acceptors (Lipinski definition) is 10. The van der Waals surface area contributed by atoms with E-state index in [1.54, 1.807) is 0 Å². The van der Waals surface area contributed by atoms with Crippen molar-refractivity contribution in [3.8, 4) is 0 Å². The molecule has 3 atom stereocenters. The minimum Gasteiger partial charge on any atom is -0.462 e. The van der Waals surface area contributed by atoms with Gasteiger partial charge in [-0.25, -0.2) is 4.57 Å². The van der Waals surface area contributed by atoms with Gasteiger partial charge in [-0.1, -0.05) is 288 Å². The minimum atomic E-state index is -4.76. The van der Waals surface area contributed by atoms with Crippen molar-refractivity contribution < 1.29 is 52.2 Å². The van der Waals surface area contributed by atoms with Crippen molar-refractivity contribution in [2.75, 3.05) is 26.4 Å². The van der Waals surface area contributed by atoms with Gasteiger partial charge in [-0.05, 0) is 83.5 Å². The number of esters is 3. The quantitative estimate of drug-likeness (QED) is 0.0197. The zero-order chi connectivity index (χ0) is 59.8. The topological polar surface area (TPSA) is 155 Å². The van der Waals surface area contributed by atoms with Crippen molar-refractivity contribution in [1.29, 1.82) is 0 Å². The molecule has 12 heteroatoms. The molecule has 0 spiro atoms. The Morgan fingerprint density at radius 2 is 0.598 bits per heavy atom. The molecule has 11 nitrogen and oxygen atoms in total. The molecule has 2 N–H and O–H groups in total. The molecule has 0 rings (SSSR count). The Kier molecular flexibility index (Phi) is 62.4. The molecule has 82 heavy (non-hydrogen) atoms. The molecule has 0 fully saturated rings. The Bertz CT molecular complexity index is 1560. The van der Waals surface area contributed by atoms with E-state index in [0.29, 0.717) is 19.3 Å². The van der Waals surface area contributed by atoms with Crippen molar-refractivity contribution in [3.63, 3.8) is 0 Å². The van der Waals surface area contributed by atoms with Crippen LogP contribution < -0.4 is 0 Å². The van der Waals surface area contributed by atoms with Crippen LogP contribution in [0.5, 0.6) is 0 Å². The molecule has 480 valence electrons. The van der Waals surface area contributed by atoms with Gasteiger partial charge in [0.1, 0.15) is 12.7 Å². The fourth-order valence-corrected chi connectivity index (χ4v) is 10.7. The SMILES string of the molecule is CCCCC/C=C\C/C=C\C/C=C\CCCCCCCCC(=O)OC(COC(=O)CCCCCCCCCCC/C=C\CCCCCCCC)COP(=O)(O)OCC(CO)OC(=O)CCCCCCCCCCCCCCCCCCC. The molecule has 0 aliphatic carbocycles. The van der Waals surface area contributed by atoms with Crippen LogP contribution in [0.1, 0.15) is 342 Å². The Hall–Kier alpha value is -2.56. The van der Waals surface area contributed by atoms with Gasteiger partial charge in [-0.3, -0.25) is 23.4 Å². The summed E-state index contributed by atoms with van der Waals surface area (Å²) in [7, 11) is -4.76. The third-order valence-corrected chi connectivity index (χ3v) is 16.2. The van der Waals surface area contributed by atoms with Crippen molar-refractivity contribution >= 4 is 25.7 Å². The highest BCUT2D eigenvalue weighted by atomic mass is 31.2. The first kappa shape index (κ1) is 79.4. The largest absolute Gasteiger partial charge is 0.472 e. The fourth-order valence-electron chi connectivity index (χ4n) is 9.95. The van der Waals surface area contributed by atoms with E-state index in [-0.39, 0.29) is 25.9 Å². The lowest BCUT2D eigenvalue weighted by molar-refractivity contribution is -0.161. The molecule has 0 aromatic rings. The third kappa shape index (κ3) is 62.0. The van der Waals surface area contributed by atoms with Crippen LogP contribution in [0.2, 0.25) is 0 Å². The zero-order valence-corrected chi connectivity index (χ0v) is 54.4. The maximum absolute atomic E-state index is 13.0. The van der Waals surface area contributed by atoms with Gasteiger partial charge in [0.15, 0.2) is 6.10 Å². The second-order valence-corrected chi connectivity index (χ2v) is 24.8. The van der Waals surface area contributed by atoms with Crippen LogP contribution in [-0.2, 0) is 42.2 Å². The van der Waals surface area contributed by atoms with Crippen LogP contribution in [0.25, 0.3) is 0 Å². The molecule has 0 bridgehead atoms. The van der Waals surface area contributed by atoms with Gasteiger partial charge in [0, 0.05) is 19.3 Å². The molecule has 0 aliphatic rings. The minimum absolute atomic E-state index is 0.155. The Balaban J connectivity index is 4.68. The molecule has 0 aromatic heterocycles. The number of ether oxygens (including phenoxy) is 3. The maximum atomic E-state index is 13.0. The molecule has 3 unspecified atom stereocenters. The monoisotopic (exact) mass is 1180 g/mol. The molecule has 0 saturated heterocycles. The number of allylic oxidation sites excluding steroid dienone is 8. The summed E-state index contributed by atoms with van der Waals surface area (Å²) >= 11 is 0. The fraction of sp³-hybridized carbons (Fsp3) is 0.843. The number of carbonyl (C=O) groups excluding carboxylic acids is 3. The summed E-state index contributed by atoms with van der Waals surface area (Å²) in [5, 5.41) is 9.87. The van der Waals surface area contributed by atoms with Crippen LogP contribution >= 0.6 is 7.82 Å². The molecule has 0 heterocycles. The van der Waals surface area contributed by atoms with Gasteiger partial charge in [0.05, 0.1) is 19.8 Å². The highest BCUT2D eigenvalue weighted by Gasteiger charge is 2.28. The van der Waals surface area contributed by atoms with Gasteiger partial charge < -0.3 is 24.2 Å². The molecule has 0 amide bonds. The summed E-state index contributed by atoms with van der Waals surface area (Å²) in [5.74, 6) is -1.46. The number of aliphatic hydroxyl groups is 1. The van der Waals surface area contributed by atoms with E-state index in [2.05, 4.69) is 69.4 Å². The average Bonchev–Trinajstić information content (AvgIpc) is 3.50. The maximum Gasteiger partial charge on any atom is 0.472 e. The number of phosphoric ester groups is 1. The Labute approximate surface area is 504 Å². The molecule has 0 saturated carbocycles. The van der Waals surface area contributed by atoms with Crippen LogP contribution in [0.15, 0.2) is 48.6 Å². The van der Waals surface area contributed by atoms with Crippen LogP contribution in [0.3, 0.4) is 0 Å². The first-order chi connectivity index (χ1) is 40.2. The highest BCUT2D eigenvalue weighted by Crippen LogP contribution is 2.43. The van der Waals surface area contributed by atoms with Crippen LogP contribution in [-0.4, -0.2) is 66.5 Å². The van der Waals surface area contributed by atoms with E-state index in [1.165, 1.54) is 193 Å². The number of aliphatic hydroxyl groups excluding tert-OH is 1. The highest BCUT2D eigenvalue weighted by molar-refractivity contribution is 7.47. The van der Waals surface area contributed by atoms with E-state index in [4.69, 9.17) is 23.3 Å². The lowest BCUT2D eigenvalue weighted by atomic mass is 10.0. The number of rotatable bonds is 65. The van der Waals surface area contributed by atoms with Gasteiger partial charge in [-0.15, -0.1) is 0 Å². The van der Waals surface area contributed by atoms with E-state index in [0.717, 1.165) is 89.9 Å². The second-order valence-electron chi connectivity index (χ2n) is 23.3. The van der Waals surface area contributed by atoms with Crippen molar-refractivity contribution in [2.24, 2.45) is 0 Å². The van der Waals surface area contributed by atoms with Crippen molar-refractivity contribution in [3.05, 3.63) is 48.6 Å². The molecule has 0 aromatic carbocycles. The summed E-state index contributed by atoms with van der Waals surface area (Å²) < 4.78 is 39.8. The summed E-state index contributed by atoms with van der Waals surface area (Å²) in [6.45, 7) is 4.68. The zero-order valence-electron chi connectivity index (χ0n) is 53.5. The van der Waals surface area contributed by atoms with E-state index < -0.39 is 57.8 Å². The van der Waals surface area contributed by atoms with Gasteiger partial charge >= 0.3 is 25.7 Å². The first-order valence-electron chi connectivity index (χ1n) is 34.5. The van der Waals surface area contributed by atoms with E-state index in [9.17, 15) is 28.9 Å². The molecule has 0 aliphatic heterocycles. The number of hydrogen-bond donors (Lipinski definition) is 2. The lowest BCUT2D eigenvalue weighted by Gasteiger charge is -2.21. The summed E-state index contributed by atoms with van der Waals surface area (Å²) in [6.07, 6.45) is 72.0. The standard InChI is InChI=1S/C70H129O11P/c1-4-7-10-13-16-19-22-25-28-31-33-36-38-41-44-47-50-53-56-59-68(72)77-63-67(81-70(74)61-58-55-52-49-46-43-40-37-34-32-29-26-23-20-17-14-11-8-5-2)65-79-82(75,76)78-64-66(62-71)80-69(73)60-57-54-51-48-45-42-39-35-30-27-24-21-18-15-12-9-6-3/h17,20,25-26,28-29,34,37,66-67,71H,4-16,18-19,21-24,27,30-33,35-36,38-65H2,1-3H3,(H,75,76)/b20-17-,28-25-,29-26-,37-34-. The lowest BCUT2D eigenvalue weighted by Crippen LogP contribution is -2.30. The van der Waals surface area contributed by atoms with Crippen molar-refractivity contribution in [2.45, 2.75) is 354 Å². The average molecular weight is 1180 g/mol. The van der Waals surface area contributed by atoms with Gasteiger partial charge in [0.25, 0.3) is 0 Å². The molecular formula is C70H129O11P. The van der Waals surface area contributed by atoms with Crippen LogP contribution in [0.4, 0.5) is 0 Å². The number of phosphoric acid groups is 1. The Morgan fingerprint density at radius 3 is 0.951 bits per heavy atom. The smallest absolute Gasteiger partial charge is 0.462 e. The summed E-state index contributed by atoms with van der Waals surface area (Å²) in [5.41, 5.74) is 0. The van der Waals surface area contributed by atoms with Crippen LogP contribution in [0, 0.1) is 0 Å². The predicted molar refractivity (Wildman–Crippen MR) is 344 cm³/mol. The molecular weight excluding hydrogens is 1050 g/mol. The number of carbonyl (C=O) groups is 3. The second kappa shape index (κ2) is 64.4. The predicted octanol–water partition coefficient (Wildman–Crippen LogP) is 21.3. The molecule has 0 radical (unpaired) electrons. The van der Waals surface area contributed by atoms with E-state index >= 15 is 0 Å². The Morgan fingerprint density at radius 1 is 0.341 bits per heavy atom. The summed E-state index contributed by atoms with van der Waals surface area (Å²) in [6, 6.07) is 0. The number of unbranched alkanes of at least 4 members (excludes halogenated alkanes) is 40. The normalized spacial score (nSPS) is 13.5. The summed E-state index contributed by atoms with van der Waals surface area (Å²) in [4.78, 5) is 48.9.